The maximum Gasteiger partial charge on any atom is 0.338 e. The van der Waals surface area contributed by atoms with Crippen molar-refractivity contribution in [3.05, 3.63) is 41.5 Å². The second kappa shape index (κ2) is 9.18. The number of esters is 2. The van der Waals surface area contributed by atoms with Crippen LogP contribution in [0, 0.1) is 5.92 Å². The van der Waals surface area contributed by atoms with Crippen LogP contribution in [0.15, 0.2) is 30.3 Å². The molecule has 0 atom stereocenters. The lowest BCUT2D eigenvalue weighted by molar-refractivity contribution is -0.161. The largest absolute Gasteiger partial charge is 0.493 e. The predicted octanol–water partition coefficient (Wildman–Crippen LogP) is 3.92. The van der Waals surface area contributed by atoms with E-state index in [-0.39, 0.29) is 31.1 Å². The molecule has 0 bridgehead atoms. The van der Waals surface area contributed by atoms with Gasteiger partial charge in [0.05, 0.1) is 25.7 Å². The van der Waals surface area contributed by atoms with Gasteiger partial charge in [0.25, 0.3) is 0 Å². The molecule has 2 aliphatic heterocycles. The van der Waals surface area contributed by atoms with Crippen molar-refractivity contribution in [3.8, 4) is 28.4 Å². The molecule has 0 spiro atoms. The molecule has 2 aromatic rings. The minimum absolute atomic E-state index is 0.121. The van der Waals surface area contributed by atoms with E-state index in [2.05, 4.69) is 0 Å². The molecule has 0 amide bonds. The summed E-state index contributed by atoms with van der Waals surface area (Å²) in [4.78, 5) is 24.5. The molecule has 0 radical (unpaired) electrons. The fraction of sp³-hybridized carbons (Fsp3) is 0.462. The van der Waals surface area contributed by atoms with Gasteiger partial charge < -0.3 is 28.4 Å². The molecule has 8 nitrogen and oxygen atoms in total. The number of hydrogen-bond acceptors (Lipinski definition) is 8. The van der Waals surface area contributed by atoms with Crippen molar-refractivity contribution in [2.45, 2.75) is 37.9 Å². The number of rotatable bonds is 8. The van der Waals surface area contributed by atoms with E-state index < -0.39 is 5.60 Å². The maximum absolute atomic E-state index is 12.7. The molecule has 1 saturated heterocycles. The Morgan fingerprint density at radius 3 is 2.50 bits per heavy atom. The zero-order valence-electron chi connectivity index (χ0n) is 19.4. The summed E-state index contributed by atoms with van der Waals surface area (Å²) >= 11 is 0. The third-order valence-corrected chi connectivity index (χ3v) is 6.65. The van der Waals surface area contributed by atoms with Gasteiger partial charge in [-0.3, -0.25) is 4.79 Å². The second-order valence-electron chi connectivity index (χ2n) is 8.91. The van der Waals surface area contributed by atoms with E-state index in [0.29, 0.717) is 48.9 Å². The number of benzene rings is 2. The number of carbonyl (C=O) groups excluding carboxylic acids is 2. The standard InChI is InChI=1S/C26H28O8/c1-29-21-6-5-19(17-3-4-20-18(13-17)14-32-25(20)28)22(23(21)30-2)33-15-26(9-10-26)34-24(27)16-7-11-31-12-8-16/h3-6,13,16H,7-12,14-15H2,1-2H3. The molecule has 0 aromatic heterocycles. The highest BCUT2D eigenvalue weighted by Crippen LogP contribution is 2.47. The quantitative estimate of drug-likeness (QED) is 0.539. The van der Waals surface area contributed by atoms with E-state index in [0.717, 1.165) is 29.5 Å². The monoisotopic (exact) mass is 468 g/mol. The van der Waals surface area contributed by atoms with Crippen molar-refractivity contribution in [2.24, 2.45) is 5.92 Å². The lowest BCUT2D eigenvalue weighted by Crippen LogP contribution is -2.33. The van der Waals surface area contributed by atoms with Crippen molar-refractivity contribution < 1.29 is 38.0 Å². The van der Waals surface area contributed by atoms with E-state index in [1.165, 1.54) is 0 Å². The van der Waals surface area contributed by atoms with Crippen molar-refractivity contribution >= 4 is 11.9 Å². The molecule has 0 unspecified atom stereocenters. The van der Waals surface area contributed by atoms with E-state index >= 15 is 0 Å². The zero-order valence-corrected chi connectivity index (χ0v) is 19.4. The first-order valence-electron chi connectivity index (χ1n) is 11.5. The maximum atomic E-state index is 12.7. The second-order valence-corrected chi connectivity index (χ2v) is 8.91. The van der Waals surface area contributed by atoms with Crippen LogP contribution in [0.1, 0.15) is 41.6 Å². The van der Waals surface area contributed by atoms with Gasteiger partial charge in [-0.2, -0.15) is 0 Å². The molecule has 5 rings (SSSR count). The molecule has 2 heterocycles. The summed E-state index contributed by atoms with van der Waals surface area (Å²) in [7, 11) is 3.12. The minimum atomic E-state index is -0.626. The van der Waals surface area contributed by atoms with Gasteiger partial charge in [0.2, 0.25) is 5.75 Å². The fourth-order valence-corrected chi connectivity index (χ4v) is 4.42. The molecular formula is C26H28O8. The lowest BCUT2D eigenvalue weighted by Gasteiger charge is -2.25. The van der Waals surface area contributed by atoms with Crippen LogP contribution in [-0.4, -0.2) is 51.6 Å². The Hall–Kier alpha value is -3.26. The average molecular weight is 469 g/mol. The van der Waals surface area contributed by atoms with Gasteiger partial charge in [0.1, 0.15) is 18.8 Å². The topological polar surface area (TPSA) is 89.5 Å². The Kier molecular flexibility index (Phi) is 6.08. The van der Waals surface area contributed by atoms with Gasteiger partial charge >= 0.3 is 11.9 Å². The summed E-state index contributed by atoms with van der Waals surface area (Å²) in [5.74, 6) is 0.882. The van der Waals surface area contributed by atoms with Crippen LogP contribution in [0.2, 0.25) is 0 Å². The number of cyclic esters (lactones) is 1. The molecule has 34 heavy (non-hydrogen) atoms. The summed E-state index contributed by atoms with van der Waals surface area (Å²) in [5, 5.41) is 0. The molecule has 180 valence electrons. The fourth-order valence-electron chi connectivity index (χ4n) is 4.42. The first-order chi connectivity index (χ1) is 16.5. The molecule has 3 aliphatic rings. The van der Waals surface area contributed by atoms with Gasteiger partial charge in [-0.1, -0.05) is 6.07 Å². The molecule has 0 N–H and O–H groups in total. The van der Waals surface area contributed by atoms with Crippen LogP contribution in [0.5, 0.6) is 17.2 Å². The van der Waals surface area contributed by atoms with Crippen LogP contribution in [-0.2, 0) is 25.6 Å². The average Bonchev–Trinajstić information content (AvgIpc) is 3.54. The molecule has 2 aromatic carbocycles. The highest BCUT2D eigenvalue weighted by molar-refractivity contribution is 5.94. The molecule has 8 heteroatoms. The summed E-state index contributed by atoms with van der Waals surface area (Å²) in [6, 6.07) is 9.25. The van der Waals surface area contributed by atoms with Crippen molar-refractivity contribution in [1.82, 2.24) is 0 Å². The number of fused-ring (bicyclic) bond motifs is 1. The van der Waals surface area contributed by atoms with Crippen LogP contribution < -0.4 is 14.2 Å². The summed E-state index contributed by atoms with van der Waals surface area (Å²) in [5.41, 5.74) is 2.42. The molecular weight excluding hydrogens is 440 g/mol. The van der Waals surface area contributed by atoms with E-state index in [9.17, 15) is 9.59 Å². The first-order valence-corrected chi connectivity index (χ1v) is 11.5. The first kappa shape index (κ1) is 22.5. The van der Waals surface area contributed by atoms with Gasteiger partial charge in [-0.25, -0.2) is 4.79 Å². The molecule has 1 saturated carbocycles. The highest BCUT2D eigenvalue weighted by Gasteiger charge is 2.49. The SMILES string of the molecule is COc1ccc(-c2ccc3c(c2)COC3=O)c(OCC2(OC(=O)C3CCOCC3)CC2)c1OC. The van der Waals surface area contributed by atoms with Gasteiger partial charge in [-0.15, -0.1) is 0 Å². The highest BCUT2D eigenvalue weighted by atomic mass is 16.6. The Bertz CT molecular complexity index is 1100. The normalized spacial score (nSPS) is 18.6. The lowest BCUT2D eigenvalue weighted by atomic mass is 9.99. The van der Waals surface area contributed by atoms with Crippen molar-refractivity contribution in [2.75, 3.05) is 34.0 Å². The third-order valence-electron chi connectivity index (χ3n) is 6.65. The van der Waals surface area contributed by atoms with Gasteiger partial charge in [0.15, 0.2) is 11.5 Å². The Morgan fingerprint density at radius 1 is 1.03 bits per heavy atom. The van der Waals surface area contributed by atoms with Crippen LogP contribution >= 0.6 is 0 Å². The van der Waals surface area contributed by atoms with E-state index in [1.54, 1.807) is 20.3 Å². The minimum Gasteiger partial charge on any atom is -0.493 e. The zero-order chi connectivity index (χ0) is 23.7. The number of ether oxygens (including phenoxy) is 6. The summed E-state index contributed by atoms with van der Waals surface area (Å²) in [6.45, 7) is 1.64. The Morgan fingerprint density at radius 2 is 1.79 bits per heavy atom. The predicted molar refractivity (Wildman–Crippen MR) is 121 cm³/mol. The van der Waals surface area contributed by atoms with Crippen LogP contribution in [0.25, 0.3) is 11.1 Å². The Labute approximate surface area is 198 Å². The number of hydrogen-bond donors (Lipinski definition) is 0. The van der Waals surface area contributed by atoms with Gasteiger partial charge in [-0.05, 0) is 55.5 Å². The van der Waals surface area contributed by atoms with Crippen LogP contribution in [0.4, 0.5) is 0 Å². The Balaban J connectivity index is 1.40. The molecule has 1 aliphatic carbocycles. The summed E-state index contributed by atoms with van der Waals surface area (Å²) < 4.78 is 33.8. The van der Waals surface area contributed by atoms with Gasteiger partial charge in [0, 0.05) is 24.3 Å². The van der Waals surface area contributed by atoms with Crippen molar-refractivity contribution in [1.29, 1.82) is 0 Å². The smallest absolute Gasteiger partial charge is 0.338 e. The van der Waals surface area contributed by atoms with Crippen molar-refractivity contribution in [3.63, 3.8) is 0 Å². The third kappa shape index (κ3) is 4.30. The van der Waals surface area contributed by atoms with E-state index in [4.69, 9.17) is 28.4 Å². The number of carbonyl (C=O) groups is 2. The van der Waals surface area contributed by atoms with E-state index in [1.807, 2.05) is 24.3 Å². The summed E-state index contributed by atoms with van der Waals surface area (Å²) in [6.07, 6.45) is 2.88. The van der Waals surface area contributed by atoms with Crippen LogP contribution in [0.3, 0.4) is 0 Å². The number of methoxy groups -OCH3 is 2. The molecule has 2 fully saturated rings.